The molecule has 0 aromatic heterocycles. The number of aliphatic hydroxyl groups is 2. The Hall–Kier alpha value is -1.14. The zero-order valence-corrected chi connectivity index (χ0v) is 12.3. The van der Waals surface area contributed by atoms with Crippen LogP contribution in [0.3, 0.4) is 0 Å². The third-order valence-electron chi connectivity index (χ3n) is 3.03. The van der Waals surface area contributed by atoms with Gasteiger partial charge in [-0.3, -0.25) is 4.79 Å². The monoisotopic (exact) mass is 290 g/mol. The fourth-order valence-corrected chi connectivity index (χ4v) is 1.73. The van der Waals surface area contributed by atoms with Gasteiger partial charge in [0.15, 0.2) is 0 Å². The molecule has 0 aliphatic heterocycles. The van der Waals surface area contributed by atoms with Crippen LogP contribution in [-0.2, 0) is 19.1 Å². The molecular weight excluding hydrogens is 264 g/mol. The molecule has 0 aromatic carbocycles. The number of esters is 1. The molecule has 0 rings (SSSR count). The van der Waals surface area contributed by atoms with Crippen molar-refractivity contribution in [3.05, 3.63) is 0 Å². The Bertz CT molecular complexity index is 281. The van der Waals surface area contributed by atoms with Crippen LogP contribution in [0.4, 0.5) is 0 Å². The molecule has 0 aliphatic carbocycles. The molecule has 0 fully saturated rings. The minimum Gasteiger partial charge on any atom is -0.461 e. The summed E-state index contributed by atoms with van der Waals surface area (Å²) < 4.78 is 9.25. The Labute approximate surface area is 120 Å². The van der Waals surface area contributed by atoms with Gasteiger partial charge in [-0.1, -0.05) is 46.0 Å². The van der Waals surface area contributed by atoms with Crippen LogP contribution in [0.2, 0.25) is 0 Å². The molecule has 118 valence electrons. The van der Waals surface area contributed by atoms with Crippen molar-refractivity contribution < 1.29 is 29.3 Å². The summed E-state index contributed by atoms with van der Waals surface area (Å²) in [5.41, 5.74) is 0. The largest absolute Gasteiger partial charge is 0.461 e. The van der Waals surface area contributed by atoms with Crippen LogP contribution in [0.5, 0.6) is 0 Å². The van der Waals surface area contributed by atoms with Gasteiger partial charge in [-0.15, -0.1) is 0 Å². The van der Waals surface area contributed by atoms with Crippen LogP contribution in [0, 0.1) is 0 Å². The van der Waals surface area contributed by atoms with E-state index in [9.17, 15) is 19.8 Å². The molecule has 2 unspecified atom stereocenters. The van der Waals surface area contributed by atoms with E-state index in [-0.39, 0.29) is 19.5 Å². The number of carbonyl (C=O) groups is 2. The number of hydrogen-bond acceptors (Lipinski definition) is 6. The van der Waals surface area contributed by atoms with Crippen molar-refractivity contribution in [1.29, 1.82) is 0 Å². The van der Waals surface area contributed by atoms with Crippen LogP contribution in [0.15, 0.2) is 0 Å². The van der Waals surface area contributed by atoms with Crippen LogP contribution in [0.1, 0.15) is 58.8 Å². The van der Waals surface area contributed by atoms with Gasteiger partial charge in [-0.05, 0) is 12.8 Å². The zero-order chi connectivity index (χ0) is 15.4. The topological polar surface area (TPSA) is 93.1 Å². The van der Waals surface area contributed by atoms with E-state index < -0.39 is 17.9 Å². The van der Waals surface area contributed by atoms with Gasteiger partial charge in [0, 0.05) is 0 Å². The fourth-order valence-electron chi connectivity index (χ4n) is 1.73. The van der Waals surface area contributed by atoms with Crippen molar-refractivity contribution in [3.8, 4) is 0 Å². The highest BCUT2D eigenvalue weighted by atomic mass is 16.7. The van der Waals surface area contributed by atoms with Crippen molar-refractivity contribution in [2.45, 2.75) is 70.7 Å². The van der Waals surface area contributed by atoms with Crippen molar-refractivity contribution in [2.24, 2.45) is 0 Å². The molecule has 6 nitrogen and oxygen atoms in total. The summed E-state index contributed by atoms with van der Waals surface area (Å²) in [6, 6.07) is 0. The predicted octanol–water partition coefficient (Wildman–Crippen LogP) is 1.52. The standard InChI is InChI=1S/C14H26O6/c1-3-5-7-8-10-19-13(17)14(18,20-11-15)12(16)9-6-4-2/h11-12,16,18H,3-10H2,1-2H3. The Kier molecular flexibility index (Phi) is 10.0. The van der Waals surface area contributed by atoms with E-state index in [2.05, 4.69) is 11.7 Å². The molecule has 0 radical (unpaired) electrons. The van der Waals surface area contributed by atoms with Crippen molar-refractivity contribution >= 4 is 12.4 Å². The minimum absolute atomic E-state index is 0.0620. The summed E-state index contributed by atoms with van der Waals surface area (Å²) in [6.07, 6.45) is 3.70. The van der Waals surface area contributed by atoms with Gasteiger partial charge in [0.05, 0.1) is 6.61 Å². The van der Waals surface area contributed by atoms with Crippen molar-refractivity contribution in [1.82, 2.24) is 0 Å². The molecule has 0 heterocycles. The maximum absolute atomic E-state index is 11.8. The minimum atomic E-state index is -2.61. The molecule has 20 heavy (non-hydrogen) atoms. The lowest BCUT2D eigenvalue weighted by molar-refractivity contribution is -0.249. The highest BCUT2D eigenvalue weighted by molar-refractivity contribution is 5.79. The summed E-state index contributed by atoms with van der Waals surface area (Å²) in [4.78, 5) is 22.2. The molecule has 0 saturated heterocycles. The first-order valence-electron chi connectivity index (χ1n) is 7.22. The Morgan fingerprint density at radius 3 is 2.40 bits per heavy atom. The maximum atomic E-state index is 11.8. The maximum Gasteiger partial charge on any atom is 0.382 e. The van der Waals surface area contributed by atoms with E-state index in [1.165, 1.54) is 0 Å². The number of aliphatic hydroxyl groups excluding tert-OH is 1. The van der Waals surface area contributed by atoms with Gasteiger partial charge < -0.3 is 19.7 Å². The molecular formula is C14H26O6. The van der Waals surface area contributed by atoms with E-state index in [0.717, 1.165) is 25.7 Å². The molecule has 0 saturated carbocycles. The first-order chi connectivity index (χ1) is 9.52. The lowest BCUT2D eigenvalue weighted by Gasteiger charge is -2.28. The smallest absolute Gasteiger partial charge is 0.382 e. The summed E-state index contributed by atoms with van der Waals surface area (Å²) in [6.45, 7) is 4.03. The number of rotatable bonds is 12. The molecule has 2 atom stereocenters. The van der Waals surface area contributed by atoms with Gasteiger partial charge >= 0.3 is 11.8 Å². The molecule has 0 aromatic rings. The molecule has 2 N–H and O–H groups in total. The van der Waals surface area contributed by atoms with Crippen LogP contribution < -0.4 is 0 Å². The fraction of sp³-hybridized carbons (Fsp3) is 0.857. The quantitative estimate of drug-likeness (QED) is 0.245. The first-order valence-corrected chi connectivity index (χ1v) is 7.22. The average Bonchev–Trinajstić information content (AvgIpc) is 2.44. The molecule has 0 amide bonds. The predicted molar refractivity (Wildman–Crippen MR) is 72.7 cm³/mol. The zero-order valence-electron chi connectivity index (χ0n) is 12.3. The van der Waals surface area contributed by atoms with Crippen molar-refractivity contribution in [3.63, 3.8) is 0 Å². The van der Waals surface area contributed by atoms with Gasteiger partial charge in [-0.2, -0.15) is 0 Å². The van der Waals surface area contributed by atoms with E-state index in [1.54, 1.807) is 0 Å². The van der Waals surface area contributed by atoms with E-state index in [4.69, 9.17) is 4.74 Å². The highest BCUT2D eigenvalue weighted by Gasteiger charge is 2.47. The van der Waals surface area contributed by atoms with Gasteiger partial charge in [-0.25, -0.2) is 4.79 Å². The number of ether oxygens (including phenoxy) is 2. The first kappa shape index (κ1) is 18.9. The van der Waals surface area contributed by atoms with Crippen LogP contribution >= 0.6 is 0 Å². The number of carbonyl (C=O) groups excluding carboxylic acids is 2. The lowest BCUT2D eigenvalue weighted by Crippen LogP contribution is -2.52. The normalized spacial score (nSPS) is 15.2. The van der Waals surface area contributed by atoms with Crippen molar-refractivity contribution in [2.75, 3.05) is 6.61 Å². The molecule has 6 heteroatoms. The second-order valence-electron chi connectivity index (χ2n) is 4.77. The second kappa shape index (κ2) is 10.6. The van der Waals surface area contributed by atoms with Gasteiger partial charge in [0.2, 0.25) is 0 Å². The Morgan fingerprint density at radius 2 is 1.85 bits per heavy atom. The summed E-state index contributed by atoms with van der Waals surface area (Å²) >= 11 is 0. The second-order valence-corrected chi connectivity index (χ2v) is 4.77. The van der Waals surface area contributed by atoms with E-state index >= 15 is 0 Å². The summed E-state index contributed by atoms with van der Waals surface area (Å²) in [7, 11) is 0. The summed E-state index contributed by atoms with van der Waals surface area (Å²) in [5.74, 6) is -3.73. The Balaban J connectivity index is 4.39. The SMILES string of the molecule is CCCCCCOC(=O)C(O)(OC=O)C(O)CCCC. The molecule has 0 bridgehead atoms. The van der Waals surface area contributed by atoms with Crippen LogP contribution in [-0.4, -0.2) is 41.2 Å². The lowest BCUT2D eigenvalue weighted by atomic mass is 10.0. The Morgan fingerprint density at radius 1 is 1.20 bits per heavy atom. The highest BCUT2D eigenvalue weighted by Crippen LogP contribution is 2.19. The van der Waals surface area contributed by atoms with Crippen LogP contribution in [0.25, 0.3) is 0 Å². The number of hydrogen-bond donors (Lipinski definition) is 2. The van der Waals surface area contributed by atoms with E-state index in [1.807, 2.05) is 6.92 Å². The third kappa shape index (κ3) is 6.34. The summed E-state index contributed by atoms with van der Waals surface area (Å²) in [5, 5.41) is 19.8. The van der Waals surface area contributed by atoms with Gasteiger partial charge in [0.25, 0.3) is 6.47 Å². The van der Waals surface area contributed by atoms with E-state index in [0.29, 0.717) is 12.8 Å². The molecule has 0 spiro atoms. The third-order valence-corrected chi connectivity index (χ3v) is 3.03. The molecule has 0 aliphatic rings. The average molecular weight is 290 g/mol. The van der Waals surface area contributed by atoms with Gasteiger partial charge in [0.1, 0.15) is 6.10 Å². The number of unbranched alkanes of at least 4 members (excludes halogenated alkanes) is 4.